The second-order valence-electron chi connectivity index (χ2n) is 3.84. The Kier molecular flexibility index (Phi) is 3.75. The molecule has 96 valence electrons. The van der Waals surface area contributed by atoms with Gasteiger partial charge in [0.05, 0.1) is 11.9 Å². The van der Waals surface area contributed by atoms with Crippen molar-refractivity contribution in [2.24, 2.45) is 14.1 Å². The number of hydrogen-bond acceptors (Lipinski definition) is 5. The second-order valence-corrected chi connectivity index (χ2v) is 4.63. The first-order valence-corrected chi connectivity index (χ1v) is 6.17. The van der Waals surface area contributed by atoms with Gasteiger partial charge in [-0.2, -0.15) is 5.10 Å². The Morgan fingerprint density at radius 1 is 1.44 bits per heavy atom. The lowest BCUT2D eigenvalue weighted by Gasteiger charge is -2.08. The number of halogens is 1. The first kappa shape index (κ1) is 12.7. The molecule has 0 radical (unpaired) electrons. The van der Waals surface area contributed by atoms with Crippen LogP contribution >= 0.6 is 15.9 Å². The average Bonchev–Trinajstić information content (AvgIpc) is 2.75. The fraction of sp³-hybridized carbons (Fsp3) is 0.400. The van der Waals surface area contributed by atoms with Gasteiger partial charge in [0.15, 0.2) is 0 Å². The summed E-state index contributed by atoms with van der Waals surface area (Å²) in [6, 6.07) is 0. The number of nitrogens with one attached hydrogen (secondary N) is 1. The normalized spacial score (nSPS) is 10.6. The molecule has 0 aliphatic heterocycles. The van der Waals surface area contributed by atoms with Crippen LogP contribution in [0.4, 0.5) is 5.69 Å². The van der Waals surface area contributed by atoms with E-state index in [0.717, 1.165) is 12.2 Å². The number of aryl methyl sites for hydroxylation is 2. The van der Waals surface area contributed by atoms with Crippen molar-refractivity contribution in [1.82, 2.24) is 24.5 Å². The van der Waals surface area contributed by atoms with E-state index in [1.807, 2.05) is 11.6 Å². The molecule has 8 heteroatoms. The van der Waals surface area contributed by atoms with E-state index < -0.39 is 0 Å². The van der Waals surface area contributed by atoms with Crippen molar-refractivity contribution in [3.63, 3.8) is 0 Å². The van der Waals surface area contributed by atoms with Gasteiger partial charge >= 0.3 is 0 Å². The molecule has 1 N–H and O–H groups in total. The van der Waals surface area contributed by atoms with Crippen LogP contribution in [0.5, 0.6) is 0 Å². The van der Waals surface area contributed by atoms with Crippen LogP contribution in [0.25, 0.3) is 0 Å². The van der Waals surface area contributed by atoms with Crippen molar-refractivity contribution in [2.75, 3.05) is 11.9 Å². The zero-order chi connectivity index (χ0) is 13.1. The summed E-state index contributed by atoms with van der Waals surface area (Å²) in [5.41, 5.74) is 0.513. The third-order valence-electron chi connectivity index (χ3n) is 2.55. The maximum absolute atomic E-state index is 11.6. The number of nitrogens with zero attached hydrogens (tertiary/aromatic N) is 5. The van der Waals surface area contributed by atoms with Gasteiger partial charge in [-0.05, 0) is 15.9 Å². The smallest absolute Gasteiger partial charge is 0.282 e. The Bertz CT molecular complexity index is 605. The summed E-state index contributed by atoms with van der Waals surface area (Å²) in [5, 5.41) is 14.9. The highest BCUT2D eigenvalue weighted by Gasteiger charge is 2.06. The molecule has 0 atom stereocenters. The van der Waals surface area contributed by atoms with E-state index in [-0.39, 0.29) is 5.56 Å². The minimum Gasteiger partial charge on any atom is -0.382 e. The molecule has 2 rings (SSSR count). The van der Waals surface area contributed by atoms with Gasteiger partial charge in [0.1, 0.15) is 16.6 Å². The van der Waals surface area contributed by atoms with Crippen LogP contribution < -0.4 is 10.9 Å². The molecule has 0 aliphatic rings. The van der Waals surface area contributed by atoms with E-state index in [2.05, 4.69) is 36.5 Å². The molecule has 2 aromatic heterocycles. The fourth-order valence-corrected chi connectivity index (χ4v) is 1.98. The average molecular weight is 313 g/mol. The lowest BCUT2D eigenvalue weighted by molar-refractivity contribution is 0.702. The first-order valence-electron chi connectivity index (χ1n) is 5.38. The molecule has 2 heterocycles. The van der Waals surface area contributed by atoms with E-state index in [1.54, 1.807) is 19.6 Å². The molecule has 0 spiro atoms. The van der Waals surface area contributed by atoms with Gasteiger partial charge in [-0.3, -0.25) is 4.79 Å². The molecule has 0 aromatic carbocycles. The predicted molar refractivity (Wildman–Crippen MR) is 70.4 cm³/mol. The standard InChI is InChI=1S/C10H13BrN6O/c1-16-6-13-15-8(16)3-4-12-7-5-14-17(2)10(18)9(7)11/h5-6,12H,3-4H2,1-2H3. The summed E-state index contributed by atoms with van der Waals surface area (Å²) in [7, 11) is 3.50. The van der Waals surface area contributed by atoms with Crippen LogP contribution in [0.15, 0.2) is 21.8 Å². The predicted octanol–water partition coefficient (Wildman–Crippen LogP) is 0.326. The van der Waals surface area contributed by atoms with Crippen molar-refractivity contribution in [3.8, 4) is 0 Å². The molecule has 0 saturated carbocycles. The van der Waals surface area contributed by atoms with Gasteiger partial charge < -0.3 is 9.88 Å². The Balaban J connectivity index is 2.01. The number of anilines is 1. The van der Waals surface area contributed by atoms with E-state index in [1.165, 1.54) is 4.68 Å². The van der Waals surface area contributed by atoms with Crippen molar-refractivity contribution in [2.45, 2.75) is 6.42 Å². The molecule has 0 bridgehead atoms. The van der Waals surface area contributed by atoms with Crippen LogP contribution in [-0.4, -0.2) is 31.1 Å². The third kappa shape index (κ3) is 2.58. The quantitative estimate of drug-likeness (QED) is 0.880. The molecule has 2 aromatic rings. The SMILES string of the molecule is Cn1cnnc1CCNc1cnn(C)c(=O)c1Br. The van der Waals surface area contributed by atoms with Crippen molar-refractivity contribution in [1.29, 1.82) is 0 Å². The summed E-state index contributed by atoms with van der Waals surface area (Å²) in [6.07, 6.45) is 3.99. The molecule has 0 amide bonds. The highest BCUT2D eigenvalue weighted by atomic mass is 79.9. The van der Waals surface area contributed by atoms with Crippen LogP contribution in [0, 0.1) is 0 Å². The summed E-state index contributed by atoms with van der Waals surface area (Å²) in [4.78, 5) is 11.6. The summed E-state index contributed by atoms with van der Waals surface area (Å²) in [5.74, 6) is 0.885. The van der Waals surface area contributed by atoms with Gasteiger partial charge in [-0.25, -0.2) is 4.68 Å². The Morgan fingerprint density at radius 3 is 2.89 bits per heavy atom. The Morgan fingerprint density at radius 2 is 2.22 bits per heavy atom. The van der Waals surface area contributed by atoms with E-state index in [0.29, 0.717) is 16.7 Å². The zero-order valence-corrected chi connectivity index (χ0v) is 11.7. The van der Waals surface area contributed by atoms with E-state index in [4.69, 9.17) is 0 Å². The maximum atomic E-state index is 11.6. The molecule has 0 aliphatic carbocycles. The van der Waals surface area contributed by atoms with E-state index in [9.17, 15) is 4.79 Å². The van der Waals surface area contributed by atoms with E-state index >= 15 is 0 Å². The topological polar surface area (TPSA) is 77.6 Å². The molecule has 18 heavy (non-hydrogen) atoms. The highest BCUT2D eigenvalue weighted by Crippen LogP contribution is 2.15. The van der Waals surface area contributed by atoms with Crippen molar-refractivity contribution >= 4 is 21.6 Å². The molecular formula is C10H13BrN6O. The van der Waals surface area contributed by atoms with Gasteiger partial charge in [0.25, 0.3) is 5.56 Å². The second kappa shape index (κ2) is 5.30. The van der Waals surface area contributed by atoms with Crippen molar-refractivity contribution < 1.29 is 0 Å². The third-order valence-corrected chi connectivity index (χ3v) is 3.31. The number of hydrogen-bond donors (Lipinski definition) is 1. The molecule has 0 unspecified atom stereocenters. The lowest BCUT2D eigenvalue weighted by atomic mass is 10.3. The van der Waals surface area contributed by atoms with Gasteiger partial charge in [0.2, 0.25) is 0 Å². The van der Waals surface area contributed by atoms with Crippen LogP contribution in [0.2, 0.25) is 0 Å². The first-order chi connectivity index (χ1) is 8.59. The van der Waals surface area contributed by atoms with Gasteiger partial charge in [-0.1, -0.05) is 0 Å². The minimum atomic E-state index is -0.168. The molecule has 0 fully saturated rings. The maximum Gasteiger partial charge on any atom is 0.282 e. The molecular weight excluding hydrogens is 300 g/mol. The summed E-state index contributed by atoms with van der Waals surface area (Å²) >= 11 is 3.26. The van der Waals surface area contributed by atoms with Gasteiger partial charge in [-0.15, -0.1) is 10.2 Å². The fourth-order valence-electron chi connectivity index (χ4n) is 1.48. The summed E-state index contributed by atoms with van der Waals surface area (Å²) in [6.45, 7) is 0.653. The Labute approximate surface area is 112 Å². The monoisotopic (exact) mass is 312 g/mol. The van der Waals surface area contributed by atoms with Crippen LogP contribution in [-0.2, 0) is 20.5 Å². The Hall–Kier alpha value is -1.70. The highest BCUT2D eigenvalue weighted by molar-refractivity contribution is 9.10. The molecule has 7 nitrogen and oxygen atoms in total. The van der Waals surface area contributed by atoms with Crippen LogP contribution in [0.1, 0.15) is 5.82 Å². The molecule has 0 saturated heterocycles. The number of rotatable bonds is 4. The minimum absolute atomic E-state index is 0.168. The number of aromatic nitrogens is 5. The lowest BCUT2D eigenvalue weighted by Crippen LogP contribution is -2.22. The van der Waals surface area contributed by atoms with Crippen molar-refractivity contribution in [3.05, 3.63) is 33.2 Å². The zero-order valence-electron chi connectivity index (χ0n) is 10.1. The van der Waals surface area contributed by atoms with Gasteiger partial charge in [0, 0.05) is 27.1 Å². The largest absolute Gasteiger partial charge is 0.382 e. The summed E-state index contributed by atoms with van der Waals surface area (Å²) < 4.78 is 3.62. The van der Waals surface area contributed by atoms with Crippen LogP contribution in [0.3, 0.4) is 0 Å².